The van der Waals surface area contributed by atoms with Crippen LogP contribution in [-0.4, -0.2) is 40.4 Å². The fourth-order valence-electron chi connectivity index (χ4n) is 3.54. The number of nitriles is 1. The number of aromatic nitrogens is 2. The molecule has 0 aliphatic carbocycles. The Morgan fingerprint density at radius 1 is 1.31 bits per heavy atom. The molecule has 4 rings (SSSR count). The van der Waals surface area contributed by atoms with E-state index < -0.39 is 0 Å². The number of benzene rings is 1. The Kier molecular flexibility index (Phi) is 5.29. The fraction of sp³-hybridized carbons (Fsp3) is 0.333. The van der Waals surface area contributed by atoms with Gasteiger partial charge in [-0.3, -0.25) is 4.79 Å². The van der Waals surface area contributed by atoms with E-state index in [0.717, 1.165) is 42.9 Å². The van der Waals surface area contributed by atoms with E-state index in [1.54, 1.807) is 6.20 Å². The summed E-state index contributed by atoms with van der Waals surface area (Å²) in [7, 11) is 0. The van der Waals surface area contributed by atoms with Gasteiger partial charge in [0.05, 0.1) is 17.1 Å². The zero-order valence-electron chi connectivity index (χ0n) is 16.3. The summed E-state index contributed by atoms with van der Waals surface area (Å²) >= 11 is 0. The Bertz CT molecular complexity index is 981. The van der Waals surface area contributed by atoms with E-state index in [0.29, 0.717) is 36.0 Å². The van der Waals surface area contributed by atoms with Gasteiger partial charge in [-0.15, -0.1) is 0 Å². The van der Waals surface area contributed by atoms with E-state index in [2.05, 4.69) is 32.0 Å². The lowest BCUT2D eigenvalue weighted by molar-refractivity contribution is -0.127. The molecule has 0 spiro atoms. The highest BCUT2D eigenvalue weighted by Gasteiger charge is 2.21. The largest absolute Gasteiger partial charge is 0.354 e. The Hall–Kier alpha value is -3.60. The molecule has 0 bridgehead atoms. The molecule has 3 heterocycles. The number of carbonyl (C=O) groups excluding carboxylic acids is 1. The molecule has 2 aliphatic heterocycles. The predicted octanol–water partition coefficient (Wildman–Crippen LogP) is 2.94. The second-order valence-electron chi connectivity index (χ2n) is 7.15. The summed E-state index contributed by atoms with van der Waals surface area (Å²) in [6.07, 6.45) is 4.15. The molecule has 1 aromatic carbocycles. The van der Waals surface area contributed by atoms with Crippen molar-refractivity contribution in [1.29, 1.82) is 5.26 Å². The Balaban J connectivity index is 1.46. The number of nitrogens with zero attached hydrogens (tertiary/aromatic N) is 4. The SMILES string of the molecule is Cc1cnc(NCCCN2CCCC2=O)nc1C(C#N)=C1Nc2ccccc2N1. The summed E-state index contributed by atoms with van der Waals surface area (Å²) in [6.45, 7) is 4.14. The maximum absolute atomic E-state index is 11.7. The molecular formula is C21H23N7O. The molecule has 1 aromatic heterocycles. The van der Waals surface area contributed by atoms with Crippen molar-refractivity contribution in [3.05, 3.63) is 47.5 Å². The number of amides is 1. The standard InChI is InChI=1S/C21H23N7O/c1-14-13-24-21(23-9-5-11-28-10-4-8-18(28)29)27-19(14)15(12-22)20-25-16-6-2-3-7-17(16)26-20/h2-3,6-7,13,25-26H,4-5,8-11H2,1H3,(H,23,24,27). The van der Waals surface area contributed by atoms with Crippen molar-refractivity contribution in [1.82, 2.24) is 14.9 Å². The molecule has 1 fully saturated rings. The second-order valence-corrected chi connectivity index (χ2v) is 7.15. The number of anilines is 3. The van der Waals surface area contributed by atoms with Gasteiger partial charge in [-0.2, -0.15) is 5.26 Å². The summed E-state index contributed by atoms with van der Waals surface area (Å²) in [5.74, 6) is 1.33. The smallest absolute Gasteiger partial charge is 0.223 e. The predicted molar refractivity (Wildman–Crippen MR) is 112 cm³/mol. The van der Waals surface area contributed by atoms with Gasteiger partial charge in [0.1, 0.15) is 17.5 Å². The van der Waals surface area contributed by atoms with Gasteiger partial charge in [0, 0.05) is 32.3 Å². The molecule has 2 aromatic rings. The zero-order chi connectivity index (χ0) is 20.2. The molecule has 0 saturated carbocycles. The van der Waals surface area contributed by atoms with Gasteiger partial charge in [0.2, 0.25) is 11.9 Å². The minimum atomic E-state index is 0.238. The second kappa shape index (κ2) is 8.19. The van der Waals surface area contributed by atoms with Crippen molar-refractivity contribution in [2.75, 3.05) is 35.6 Å². The quantitative estimate of drug-likeness (QED) is 0.515. The minimum Gasteiger partial charge on any atom is -0.354 e. The number of allylic oxidation sites excluding steroid dienone is 1. The van der Waals surface area contributed by atoms with Gasteiger partial charge in [0.25, 0.3) is 0 Å². The molecule has 29 heavy (non-hydrogen) atoms. The van der Waals surface area contributed by atoms with Gasteiger partial charge in [-0.1, -0.05) is 12.1 Å². The number of fused-ring (bicyclic) bond motifs is 1. The molecule has 3 N–H and O–H groups in total. The van der Waals surface area contributed by atoms with E-state index in [1.807, 2.05) is 36.1 Å². The van der Waals surface area contributed by atoms with Gasteiger partial charge < -0.3 is 20.9 Å². The van der Waals surface area contributed by atoms with Crippen molar-refractivity contribution in [2.24, 2.45) is 0 Å². The summed E-state index contributed by atoms with van der Waals surface area (Å²) in [5.41, 5.74) is 3.70. The number of nitrogens with one attached hydrogen (secondary N) is 3. The van der Waals surface area contributed by atoms with E-state index >= 15 is 0 Å². The monoisotopic (exact) mass is 389 g/mol. The number of hydrogen-bond donors (Lipinski definition) is 3. The summed E-state index contributed by atoms with van der Waals surface area (Å²) in [4.78, 5) is 22.5. The fourth-order valence-corrected chi connectivity index (χ4v) is 3.54. The number of carbonyl (C=O) groups is 1. The van der Waals surface area contributed by atoms with Crippen LogP contribution < -0.4 is 16.0 Å². The van der Waals surface area contributed by atoms with Crippen LogP contribution in [0.2, 0.25) is 0 Å². The lowest BCUT2D eigenvalue weighted by Gasteiger charge is -2.15. The lowest BCUT2D eigenvalue weighted by atomic mass is 10.1. The summed E-state index contributed by atoms with van der Waals surface area (Å²) < 4.78 is 0. The molecule has 1 saturated heterocycles. The van der Waals surface area contributed by atoms with Crippen molar-refractivity contribution in [2.45, 2.75) is 26.2 Å². The summed E-state index contributed by atoms with van der Waals surface area (Å²) in [5, 5.41) is 19.5. The van der Waals surface area contributed by atoms with Crippen molar-refractivity contribution in [3.63, 3.8) is 0 Å². The first-order valence-corrected chi connectivity index (χ1v) is 9.79. The Labute approximate surface area is 169 Å². The minimum absolute atomic E-state index is 0.238. The van der Waals surface area contributed by atoms with Crippen LogP contribution in [0.5, 0.6) is 0 Å². The van der Waals surface area contributed by atoms with Crippen LogP contribution in [0.3, 0.4) is 0 Å². The van der Waals surface area contributed by atoms with Crippen LogP contribution in [0.1, 0.15) is 30.5 Å². The highest BCUT2D eigenvalue weighted by molar-refractivity contribution is 5.90. The number of aryl methyl sites for hydroxylation is 1. The van der Waals surface area contributed by atoms with Crippen molar-refractivity contribution >= 4 is 28.8 Å². The van der Waals surface area contributed by atoms with Gasteiger partial charge in [-0.05, 0) is 37.5 Å². The molecule has 0 unspecified atom stereocenters. The highest BCUT2D eigenvalue weighted by atomic mass is 16.2. The number of likely N-dealkylation sites (tertiary alicyclic amines) is 1. The van der Waals surface area contributed by atoms with Crippen LogP contribution in [0, 0.1) is 18.3 Å². The van der Waals surface area contributed by atoms with Crippen LogP contribution in [-0.2, 0) is 4.79 Å². The average molecular weight is 389 g/mol. The van der Waals surface area contributed by atoms with Gasteiger partial charge >= 0.3 is 0 Å². The molecule has 0 radical (unpaired) electrons. The normalized spacial score (nSPS) is 14.8. The first-order chi connectivity index (χ1) is 14.2. The van der Waals surface area contributed by atoms with E-state index in [-0.39, 0.29) is 5.91 Å². The van der Waals surface area contributed by atoms with E-state index in [4.69, 9.17) is 0 Å². The molecule has 0 atom stereocenters. The Morgan fingerprint density at radius 2 is 2.07 bits per heavy atom. The first kappa shape index (κ1) is 18.7. The number of hydrogen-bond acceptors (Lipinski definition) is 7. The average Bonchev–Trinajstić information content (AvgIpc) is 3.34. The Morgan fingerprint density at radius 3 is 2.72 bits per heavy atom. The first-order valence-electron chi connectivity index (χ1n) is 9.79. The molecule has 148 valence electrons. The zero-order valence-corrected chi connectivity index (χ0v) is 16.3. The molecular weight excluding hydrogens is 366 g/mol. The number of para-hydroxylation sites is 2. The molecule has 8 heteroatoms. The lowest BCUT2D eigenvalue weighted by Crippen LogP contribution is -2.27. The molecule has 1 amide bonds. The topological polar surface area (TPSA) is 106 Å². The molecule has 2 aliphatic rings. The molecule has 8 nitrogen and oxygen atoms in total. The van der Waals surface area contributed by atoms with Crippen LogP contribution in [0.15, 0.2) is 36.3 Å². The third-order valence-electron chi connectivity index (χ3n) is 5.08. The van der Waals surface area contributed by atoms with Gasteiger partial charge in [0.15, 0.2) is 0 Å². The maximum Gasteiger partial charge on any atom is 0.223 e. The van der Waals surface area contributed by atoms with Crippen molar-refractivity contribution < 1.29 is 4.79 Å². The van der Waals surface area contributed by atoms with Crippen LogP contribution in [0.4, 0.5) is 17.3 Å². The highest BCUT2D eigenvalue weighted by Crippen LogP contribution is 2.33. The maximum atomic E-state index is 11.7. The third-order valence-corrected chi connectivity index (χ3v) is 5.08. The summed E-state index contributed by atoms with van der Waals surface area (Å²) in [6, 6.07) is 10.1. The van der Waals surface area contributed by atoms with E-state index in [1.165, 1.54) is 0 Å². The van der Waals surface area contributed by atoms with Gasteiger partial charge in [-0.25, -0.2) is 9.97 Å². The van der Waals surface area contributed by atoms with Crippen LogP contribution in [0.25, 0.3) is 5.57 Å². The van der Waals surface area contributed by atoms with Crippen molar-refractivity contribution in [3.8, 4) is 6.07 Å². The third kappa shape index (κ3) is 3.99. The number of rotatable bonds is 6. The van der Waals surface area contributed by atoms with E-state index in [9.17, 15) is 10.1 Å². The van der Waals surface area contributed by atoms with Crippen LogP contribution >= 0.6 is 0 Å².